The van der Waals surface area contributed by atoms with E-state index in [0.29, 0.717) is 22.0 Å². The first-order valence-corrected chi connectivity index (χ1v) is 8.91. The van der Waals surface area contributed by atoms with Gasteiger partial charge < -0.3 is 5.32 Å². The minimum atomic E-state index is -0.305. The van der Waals surface area contributed by atoms with Crippen LogP contribution in [-0.4, -0.2) is 15.9 Å². The molecule has 4 aromatic rings. The normalized spacial score (nSPS) is 10.8. The summed E-state index contributed by atoms with van der Waals surface area (Å²) >= 11 is 1.39. The summed E-state index contributed by atoms with van der Waals surface area (Å²) in [5.41, 5.74) is 2.79. The highest BCUT2D eigenvalue weighted by Gasteiger charge is 2.11. The number of amides is 1. The standard InChI is InChI=1S/C20H14FN3OS/c21-15-7-1-5-14(10-15)20-23-16(12-26-20)11-18(25)24-17-8-2-4-13-6-3-9-22-19(13)17/h1-10,12H,11H2,(H,24,25). The highest BCUT2D eigenvalue weighted by Crippen LogP contribution is 2.25. The Labute approximate surface area is 153 Å². The summed E-state index contributed by atoms with van der Waals surface area (Å²) in [6.07, 6.45) is 1.85. The summed E-state index contributed by atoms with van der Waals surface area (Å²) in [6.45, 7) is 0. The van der Waals surface area contributed by atoms with Crippen molar-refractivity contribution in [1.29, 1.82) is 0 Å². The van der Waals surface area contributed by atoms with E-state index < -0.39 is 0 Å². The Bertz CT molecular complexity index is 1090. The van der Waals surface area contributed by atoms with Crippen molar-refractivity contribution in [2.24, 2.45) is 0 Å². The minimum Gasteiger partial charge on any atom is -0.324 e. The maximum atomic E-state index is 13.3. The molecule has 0 saturated heterocycles. The van der Waals surface area contributed by atoms with Crippen LogP contribution in [-0.2, 0) is 11.2 Å². The van der Waals surface area contributed by atoms with Crippen LogP contribution in [0, 0.1) is 5.82 Å². The molecule has 1 amide bonds. The van der Waals surface area contributed by atoms with E-state index in [1.54, 1.807) is 18.3 Å². The number of anilines is 1. The second-order valence-corrected chi connectivity index (χ2v) is 6.62. The topological polar surface area (TPSA) is 54.9 Å². The van der Waals surface area contributed by atoms with Crippen LogP contribution >= 0.6 is 11.3 Å². The summed E-state index contributed by atoms with van der Waals surface area (Å²) in [5, 5.41) is 6.37. The summed E-state index contributed by atoms with van der Waals surface area (Å²) in [6, 6.07) is 15.7. The first-order valence-electron chi connectivity index (χ1n) is 8.03. The fourth-order valence-electron chi connectivity index (χ4n) is 2.71. The van der Waals surface area contributed by atoms with Gasteiger partial charge >= 0.3 is 0 Å². The zero-order valence-electron chi connectivity index (χ0n) is 13.6. The van der Waals surface area contributed by atoms with Crippen LogP contribution < -0.4 is 5.32 Å². The van der Waals surface area contributed by atoms with Crippen molar-refractivity contribution in [3.05, 3.63) is 77.7 Å². The van der Waals surface area contributed by atoms with Crippen LogP contribution in [0.2, 0.25) is 0 Å². The van der Waals surface area contributed by atoms with Gasteiger partial charge in [-0.25, -0.2) is 9.37 Å². The number of halogens is 1. The van der Waals surface area contributed by atoms with Gasteiger partial charge in [-0.15, -0.1) is 11.3 Å². The summed E-state index contributed by atoms with van der Waals surface area (Å²) < 4.78 is 13.3. The lowest BCUT2D eigenvalue weighted by Crippen LogP contribution is -2.15. The third-order valence-electron chi connectivity index (χ3n) is 3.87. The molecule has 2 aromatic heterocycles. The molecule has 1 N–H and O–H groups in total. The Morgan fingerprint density at radius 2 is 1.96 bits per heavy atom. The zero-order valence-corrected chi connectivity index (χ0v) is 14.5. The third kappa shape index (κ3) is 3.45. The monoisotopic (exact) mass is 363 g/mol. The van der Waals surface area contributed by atoms with Crippen LogP contribution in [0.5, 0.6) is 0 Å². The molecule has 0 saturated carbocycles. The van der Waals surface area contributed by atoms with Gasteiger partial charge in [0.25, 0.3) is 0 Å². The Morgan fingerprint density at radius 3 is 2.85 bits per heavy atom. The molecule has 6 heteroatoms. The van der Waals surface area contributed by atoms with Gasteiger partial charge in [0.2, 0.25) is 5.91 Å². The number of thiazole rings is 1. The SMILES string of the molecule is O=C(Cc1csc(-c2cccc(F)c2)n1)Nc1cccc2cccnc12. The number of nitrogens with zero attached hydrogens (tertiary/aromatic N) is 2. The van der Waals surface area contributed by atoms with Crippen LogP contribution in [0.4, 0.5) is 10.1 Å². The van der Waals surface area contributed by atoms with E-state index in [1.807, 2.05) is 35.7 Å². The lowest BCUT2D eigenvalue weighted by molar-refractivity contribution is -0.115. The Hall–Kier alpha value is -3.12. The molecule has 0 bridgehead atoms. The molecule has 2 heterocycles. The van der Waals surface area contributed by atoms with Crippen LogP contribution in [0.3, 0.4) is 0 Å². The number of carbonyl (C=O) groups is 1. The number of para-hydroxylation sites is 1. The average molecular weight is 363 g/mol. The van der Waals surface area contributed by atoms with E-state index in [0.717, 1.165) is 10.9 Å². The molecule has 4 rings (SSSR count). The van der Waals surface area contributed by atoms with Crippen LogP contribution in [0.15, 0.2) is 66.2 Å². The fraction of sp³-hybridized carbons (Fsp3) is 0.0500. The quantitative estimate of drug-likeness (QED) is 0.573. The lowest BCUT2D eigenvalue weighted by Gasteiger charge is -2.07. The zero-order chi connectivity index (χ0) is 17.9. The van der Waals surface area contributed by atoms with E-state index in [9.17, 15) is 9.18 Å². The van der Waals surface area contributed by atoms with Gasteiger partial charge in [-0.1, -0.05) is 30.3 Å². The van der Waals surface area contributed by atoms with E-state index >= 15 is 0 Å². The van der Waals surface area contributed by atoms with E-state index in [-0.39, 0.29) is 18.1 Å². The second-order valence-electron chi connectivity index (χ2n) is 5.76. The smallest absolute Gasteiger partial charge is 0.230 e. The maximum absolute atomic E-state index is 13.3. The van der Waals surface area contributed by atoms with Crippen molar-refractivity contribution in [2.45, 2.75) is 6.42 Å². The van der Waals surface area contributed by atoms with E-state index in [4.69, 9.17) is 0 Å². The molecule has 0 radical (unpaired) electrons. The first kappa shape index (κ1) is 16.4. The van der Waals surface area contributed by atoms with Crippen molar-refractivity contribution in [1.82, 2.24) is 9.97 Å². The molecule has 128 valence electrons. The molecule has 0 aliphatic carbocycles. The van der Waals surface area contributed by atoms with Gasteiger partial charge in [0.1, 0.15) is 10.8 Å². The molecule has 0 unspecified atom stereocenters. The number of nitrogens with one attached hydrogen (secondary N) is 1. The second kappa shape index (κ2) is 7.01. The van der Waals surface area contributed by atoms with Gasteiger partial charge in [-0.2, -0.15) is 0 Å². The Kier molecular flexibility index (Phi) is 4.41. The number of pyridine rings is 1. The number of hydrogen-bond donors (Lipinski definition) is 1. The number of rotatable bonds is 4. The molecule has 2 aromatic carbocycles. The molecule has 4 nitrogen and oxygen atoms in total. The Balaban J connectivity index is 1.50. The lowest BCUT2D eigenvalue weighted by atomic mass is 10.2. The van der Waals surface area contributed by atoms with Crippen molar-refractivity contribution < 1.29 is 9.18 Å². The molecule has 0 fully saturated rings. The van der Waals surface area contributed by atoms with E-state index in [1.165, 1.54) is 23.5 Å². The van der Waals surface area contributed by atoms with Gasteiger partial charge in [0.05, 0.1) is 23.3 Å². The summed E-state index contributed by atoms with van der Waals surface area (Å²) in [7, 11) is 0. The predicted octanol–water partition coefficient (Wildman–Crippen LogP) is 4.68. The maximum Gasteiger partial charge on any atom is 0.230 e. The predicted molar refractivity (Wildman–Crippen MR) is 102 cm³/mol. The molecular formula is C20H14FN3OS. The fourth-order valence-corrected chi connectivity index (χ4v) is 3.52. The molecule has 0 aliphatic rings. The molecular weight excluding hydrogens is 349 g/mol. The molecule has 26 heavy (non-hydrogen) atoms. The third-order valence-corrected chi connectivity index (χ3v) is 4.81. The highest BCUT2D eigenvalue weighted by atomic mass is 32.1. The van der Waals surface area contributed by atoms with Gasteiger partial charge in [0.15, 0.2) is 0 Å². The number of aromatic nitrogens is 2. The van der Waals surface area contributed by atoms with Crippen molar-refractivity contribution in [3.8, 4) is 10.6 Å². The van der Waals surface area contributed by atoms with Gasteiger partial charge in [-0.3, -0.25) is 9.78 Å². The van der Waals surface area contributed by atoms with Crippen LogP contribution in [0.1, 0.15) is 5.69 Å². The summed E-state index contributed by atoms with van der Waals surface area (Å²) in [5.74, 6) is -0.473. The molecule has 0 spiro atoms. The average Bonchev–Trinajstić information content (AvgIpc) is 3.10. The van der Waals surface area contributed by atoms with Crippen molar-refractivity contribution in [2.75, 3.05) is 5.32 Å². The first-order chi connectivity index (χ1) is 12.7. The van der Waals surface area contributed by atoms with Crippen LogP contribution in [0.25, 0.3) is 21.5 Å². The molecule has 0 aliphatic heterocycles. The van der Waals surface area contributed by atoms with Crippen molar-refractivity contribution in [3.63, 3.8) is 0 Å². The number of hydrogen-bond acceptors (Lipinski definition) is 4. The summed E-state index contributed by atoms with van der Waals surface area (Å²) in [4.78, 5) is 21.2. The van der Waals surface area contributed by atoms with E-state index in [2.05, 4.69) is 15.3 Å². The van der Waals surface area contributed by atoms with Gasteiger partial charge in [-0.05, 0) is 24.3 Å². The largest absolute Gasteiger partial charge is 0.324 e. The van der Waals surface area contributed by atoms with Gasteiger partial charge in [0, 0.05) is 22.5 Å². The number of benzene rings is 2. The number of fused-ring (bicyclic) bond motifs is 1. The highest BCUT2D eigenvalue weighted by molar-refractivity contribution is 7.13. The Morgan fingerprint density at radius 1 is 1.12 bits per heavy atom. The number of carbonyl (C=O) groups excluding carboxylic acids is 1. The molecule has 0 atom stereocenters. The van der Waals surface area contributed by atoms with Crippen molar-refractivity contribution >= 4 is 33.8 Å². The minimum absolute atomic E-state index is 0.148.